The summed E-state index contributed by atoms with van der Waals surface area (Å²) in [4.78, 5) is 7.23. The van der Waals surface area contributed by atoms with Crippen LogP contribution in [0.3, 0.4) is 0 Å². The molecule has 1 heterocycles. The Bertz CT molecular complexity index is 422. The lowest BCUT2D eigenvalue weighted by atomic mass is 10.0. The van der Waals surface area contributed by atoms with Gasteiger partial charge in [0.1, 0.15) is 5.82 Å². The molecule has 0 aliphatic heterocycles. The van der Waals surface area contributed by atoms with Crippen LogP contribution in [-0.4, -0.2) is 16.0 Å². The van der Waals surface area contributed by atoms with Crippen LogP contribution in [0.5, 0.6) is 0 Å². The number of nitrogens with zero attached hydrogens (tertiary/aromatic N) is 1. The van der Waals surface area contributed by atoms with E-state index in [0.29, 0.717) is 0 Å². The SMILES string of the molecule is NC(Cc1ccc(Br)cc1)Cc1ncc[nH]1. The van der Waals surface area contributed by atoms with Gasteiger partial charge in [-0.2, -0.15) is 0 Å². The Morgan fingerprint density at radius 1 is 1.25 bits per heavy atom. The first kappa shape index (κ1) is 11.4. The van der Waals surface area contributed by atoms with E-state index in [2.05, 4.69) is 38.0 Å². The van der Waals surface area contributed by atoms with Crippen molar-refractivity contribution in [3.05, 3.63) is 52.5 Å². The third-order valence-electron chi connectivity index (χ3n) is 2.42. The summed E-state index contributed by atoms with van der Waals surface area (Å²) in [5.74, 6) is 0.949. The van der Waals surface area contributed by atoms with Crippen LogP contribution in [0.15, 0.2) is 41.1 Å². The highest BCUT2D eigenvalue weighted by atomic mass is 79.9. The first-order chi connectivity index (χ1) is 7.74. The Kier molecular flexibility index (Phi) is 3.74. The van der Waals surface area contributed by atoms with Gasteiger partial charge in [-0.1, -0.05) is 28.1 Å². The Hall–Kier alpha value is -1.13. The summed E-state index contributed by atoms with van der Waals surface area (Å²) in [7, 11) is 0. The van der Waals surface area contributed by atoms with Gasteiger partial charge in [0.15, 0.2) is 0 Å². The Labute approximate surface area is 103 Å². The second-order valence-electron chi connectivity index (χ2n) is 3.83. The number of nitrogens with two attached hydrogens (primary N) is 1. The van der Waals surface area contributed by atoms with Crippen LogP contribution in [-0.2, 0) is 12.8 Å². The molecule has 0 aliphatic rings. The zero-order valence-corrected chi connectivity index (χ0v) is 10.4. The summed E-state index contributed by atoms with van der Waals surface area (Å²) >= 11 is 3.41. The second kappa shape index (κ2) is 5.27. The van der Waals surface area contributed by atoms with Crippen molar-refractivity contribution in [3.8, 4) is 0 Å². The molecular formula is C12H14BrN3. The van der Waals surface area contributed by atoms with Crippen LogP contribution in [0.25, 0.3) is 0 Å². The van der Waals surface area contributed by atoms with Crippen LogP contribution in [0.4, 0.5) is 0 Å². The smallest absolute Gasteiger partial charge is 0.107 e. The molecule has 2 aromatic rings. The predicted octanol–water partition coefficient (Wildman–Crippen LogP) is 2.28. The van der Waals surface area contributed by atoms with E-state index in [0.717, 1.165) is 23.1 Å². The largest absolute Gasteiger partial charge is 0.349 e. The highest BCUT2D eigenvalue weighted by Gasteiger charge is 2.06. The van der Waals surface area contributed by atoms with E-state index >= 15 is 0 Å². The molecule has 2 rings (SSSR count). The number of hydrogen-bond donors (Lipinski definition) is 2. The van der Waals surface area contributed by atoms with Gasteiger partial charge >= 0.3 is 0 Å². The third-order valence-corrected chi connectivity index (χ3v) is 2.95. The van der Waals surface area contributed by atoms with Gasteiger partial charge in [-0.3, -0.25) is 0 Å². The monoisotopic (exact) mass is 279 g/mol. The Morgan fingerprint density at radius 2 is 2.00 bits per heavy atom. The maximum Gasteiger partial charge on any atom is 0.107 e. The van der Waals surface area contributed by atoms with Crippen molar-refractivity contribution >= 4 is 15.9 Å². The summed E-state index contributed by atoms with van der Waals surface area (Å²) in [6.45, 7) is 0. The number of imidazole rings is 1. The van der Waals surface area contributed by atoms with Gasteiger partial charge < -0.3 is 10.7 Å². The molecule has 3 nitrogen and oxygen atoms in total. The molecule has 3 N–H and O–H groups in total. The molecule has 0 saturated carbocycles. The fraction of sp³-hybridized carbons (Fsp3) is 0.250. The summed E-state index contributed by atoms with van der Waals surface area (Å²) < 4.78 is 1.09. The molecule has 0 aliphatic carbocycles. The Morgan fingerprint density at radius 3 is 2.62 bits per heavy atom. The van der Waals surface area contributed by atoms with Gasteiger partial charge in [0.05, 0.1) is 0 Å². The van der Waals surface area contributed by atoms with Gasteiger partial charge in [0.25, 0.3) is 0 Å². The maximum absolute atomic E-state index is 6.06. The molecule has 1 aromatic carbocycles. The highest BCUT2D eigenvalue weighted by molar-refractivity contribution is 9.10. The van der Waals surface area contributed by atoms with Crippen molar-refractivity contribution in [2.24, 2.45) is 5.73 Å². The normalized spacial score (nSPS) is 12.6. The van der Waals surface area contributed by atoms with E-state index in [9.17, 15) is 0 Å². The summed E-state index contributed by atoms with van der Waals surface area (Å²) in [6, 6.07) is 8.36. The molecule has 0 fully saturated rings. The zero-order chi connectivity index (χ0) is 11.4. The quantitative estimate of drug-likeness (QED) is 0.902. The summed E-state index contributed by atoms with van der Waals surface area (Å²) in [5, 5.41) is 0. The number of aromatic amines is 1. The van der Waals surface area contributed by atoms with Crippen LogP contribution in [0.1, 0.15) is 11.4 Å². The first-order valence-corrected chi connectivity index (χ1v) is 6.01. The molecular weight excluding hydrogens is 266 g/mol. The molecule has 0 bridgehead atoms. The van der Waals surface area contributed by atoms with Crippen molar-refractivity contribution in [2.75, 3.05) is 0 Å². The number of nitrogens with one attached hydrogen (secondary N) is 1. The highest BCUT2D eigenvalue weighted by Crippen LogP contribution is 2.12. The molecule has 0 amide bonds. The van der Waals surface area contributed by atoms with Gasteiger partial charge in [0, 0.05) is 29.3 Å². The Balaban J connectivity index is 1.92. The van der Waals surface area contributed by atoms with Crippen LogP contribution >= 0.6 is 15.9 Å². The van der Waals surface area contributed by atoms with Crippen molar-refractivity contribution < 1.29 is 0 Å². The fourth-order valence-electron chi connectivity index (χ4n) is 1.65. The lowest BCUT2D eigenvalue weighted by Gasteiger charge is -2.09. The topological polar surface area (TPSA) is 54.7 Å². The van der Waals surface area contributed by atoms with Crippen LogP contribution < -0.4 is 5.73 Å². The van der Waals surface area contributed by atoms with Crippen molar-refractivity contribution in [2.45, 2.75) is 18.9 Å². The van der Waals surface area contributed by atoms with Crippen LogP contribution in [0.2, 0.25) is 0 Å². The van der Waals surface area contributed by atoms with Gasteiger partial charge in [-0.15, -0.1) is 0 Å². The molecule has 0 spiro atoms. The molecule has 1 aromatic heterocycles. The van der Waals surface area contributed by atoms with Crippen molar-refractivity contribution in [1.29, 1.82) is 0 Å². The standard InChI is InChI=1S/C12H14BrN3/c13-10-3-1-9(2-4-10)7-11(14)8-12-15-5-6-16-12/h1-6,11H,7-8,14H2,(H,15,16). The molecule has 1 atom stereocenters. The lowest BCUT2D eigenvalue weighted by molar-refractivity contribution is 0.645. The number of rotatable bonds is 4. The van der Waals surface area contributed by atoms with E-state index in [1.165, 1.54) is 5.56 Å². The molecule has 84 valence electrons. The number of halogens is 1. The minimum atomic E-state index is 0.104. The maximum atomic E-state index is 6.06. The average molecular weight is 280 g/mol. The number of H-pyrrole nitrogens is 1. The van der Waals surface area contributed by atoms with E-state index < -0.39 is 0 Å². The minimum Gasteiger partial charge on any atom is -0.349 e. The molecule has 4 heteroatoms. The van der Waals surface area contributed by atoms with E-state index in [1.54, 1.807) is 6.20 Å². The summed E-state index contributed by atoms with van der Waals surface area (Å²) in [5.41, 5.74) is 7.32. The van der Waals surface area contributed by atoms with E-state index in [4.69, 9.17) is 5.73 Å². The number of hydrogen-bond acceptors (Lipinski definition) is 2. The van der Waals surface area contributed by atoms with Gasteiger partial charge in [-0.25, -0.2) is 4.98 Å². The second-order valence-corrected chi connectivity index (χ2v) is 4.75. The van der Waals surface area contributed by atoms with E-state index in [-0.39, 0.29) is 6.04 Å². The fourth-order valence-corrected chi connectivity index (χ4v) is 1.92. The molecule has 0 radical (unpaired) electrons. The van der Waals surface area contributed by atoms with Crippen molar-refractivity contribution in [1.82, 2.24) is 9.97 Å². The summed E-state index contributed by atoms with van der Waals surface area (Å²) in [6.07, 6.45) is 5.22. The van der Waals surface area contributed by atoms with Crippen LogP contribution in [0, 0.1) is 0 Å². The van der Waals surface area contributed by atoms with E-state index in [1.807, 2.05) is 18.3 Å². The predicted molar refractivity (Wildman–Crippen MR) is 68.1 cm³/mol. The molecule has 16 heavy (non-hydrogen) atoms. The van der Waals surface area contributed by atoms with Gasteiger partial charge in [0.2, 0.25) is 0 Å². The van der Waals surface area contributed by atoms with Crippen molar-refractivity contribution in [3.63, 3.8) is 0 Å². The lowest BCUT2D eigenvalue weighted by Crippen LogP contribution is -2.26. The zero-order valence-electron chi connectivity index (χ0n) is 8.86. The minimum absolute atomic E-state index is 0.104. The average Bonchev–Trinajstić information content (AvgIpc) is 2.74. The number of aromatic nitrogens is 2. The first-order valence-electron chi connectivity index (χ1n) is 5.22. The van der Waals surface area contributed by atoms with Gasteiger partial charge in [-0.05, 0) is 24.1 Å². The molecule has 1 unspecified atom stereocenters. The number of benzene rings is 1. The molecule has 0 saturated heterocycles. The third kappa shape index (κ3) is 3.18.